The first-order chi connectivity index (χ1) is 13.9. The Hall–Kier alpha value is -3.13. The molecule has 29 heavy (non-hydrogen) atoms. The summed E-state index contributed by atoms with van der Waals surface area (Å²) in [5.74, 6) is 0.389. The minimum atomic E-state index is -0.444. The Morgan fingerprint density at radius 2 is 1.76 bits per heavy atom. The second-order valence-corrected chi connectivity index (χ2v) is 7.42. The van der Waals surface area contributed by atoms with Crippen molar-refractivity contribution in [1.82, 2.24) is 4.57 Å². The second-order valence-electron chi connectivity index (χ2n) is 6.45. The Balaban J connectivity index is 1.90. The first-order valence-electron chi connectivity index (χ1n) is 8.93. The number of ether oxygens (including phenoxy) is 3. The van der Waals surface area contributed by atoms with Gasteiger partial charge in [0.15, 0.2) is 11.4 Å². The van der Waals surface area contributed by atoms with Crippen LogP contribution in [0.15, 0.2) is 41.4 Å². The number of esters is 1. The Morgan fingerprint density at radius 3 is 2.41 bits per heavy atom. The minimum absolute atomic E-state index is 0.0230. The van der Waals surface area contributed by atoms with Crippen LogP contribution in [0.5, 0.6) is 11.5 Å². The average Bonchev–Trinajstić information content (AvgIpc) is 3.04. The van der Waals surface area contributed by atoms with Crippen LogP contribution in [0, 0.1) is 13.8 Å². The largest absolute Gasteiger partial charge is 0.497 e. The molecule has 0 saturated heterocycles. The van der Waals surface area contributed by atoms with E-state index in [0.29, 0.717) is 16.3 Å². The molecule has 1 amide bonds. The molecule has 2 aromatic carbocycles. The molecular formula is C21H22N2O5S. The van der Waals surface area contributed by atoms with E-state index < -0.39 is 11.9 Å². The molecule has 3 rings (SSSR count). The SMILES string of the molecule is COC(=O)Cn1c(=NC(=O)COc2ccc(OC)cc2)sc2c(C)cc(C)cc21. The molecule has 0 aliphatic heterocycles. The van der Waals surface area contributed by atoms with Gasteiger partial charge >= 0.3 is 5.97 Å². The van der Waals surface area contributed by atoms with E-state index in [1.165, 1.54) is 18.4 Å². The summed E-state index contributed by atoms with van der Waals surface area (Å²) in [6, 6.07) is 11.0. The van der Waals surface area contributed by atoms with Crippen molar-refractivity contribution in [2.75, 3.05) is 20.8 Å². The highest BCUT2D eigenvalue weighted by atomic mass is 32.1. The van der Waals surface area contributed by atoms with Gasteiger partial charge in [0.25, 0.3) is 5.91 Å². The number of methoxy groups -OCH3 is 2. The van der Waals surface area contributed by atoms with Crippen molar-refractivity contribution in [3.8, 4) is 11.5 Å². The van der Waals surface area contributed by atoms with Gasteiger partial charge in [-0.05, 0) is 55.3 Å². The van der Waals surface area contributed by atoms with Crippen LogP contribution in [0.1, 0.15) is 11.1 Å². The number of hydrogen-bond acceptors (Lipinski definition) is 6. The maximum Gasteiger partial charge on any atom is 0.325 e. The number of rotatable bonds is 6. The van der Waals surface area contributed by atoms with E-state index in [1.807, 2.05) is 19.9 Å². The van der Waals surface area contributed by atoms with Gasteiger partial charge in [0.05, 0.1) is 24.4 Å². The van der Waals surface area contributed by atoms with Crippen molar-refractivity contribution in [2.45, 2.75) is 20.4 Å². The first-order valence-corrected chi connectivity index (χ1v) is 9.74. The lowest BCUT2D eigenvalue weighted by atomic mass is 10.1. The van der Waals surface area contributed by atoms with Gasteiger partial charge in [-0.25, -0.2) is 0 Å². The van der Waals surface area contributed by atoms with Crippen molar-refractivity contribution in [3.63, 3.8) is 0 Å². The lowest BCUT2D eigenvalue weighted by Gasteiger charge is -2.06. The van der Waals surface area contributed by atoms with Crippen molar-refractivity contribution in [2.24, 2.45) is 4.99 Å². The van der Waals surface area contributed by atoms with Crippen LogP contribution in [0.25, 0.3) is 10.2 Å². The zero-order chi connectivity index (χ0) is 21.0. The Morgan fingerprint density at radius 1 is 1.07 bits per heavy atom. The molecule has 8 heteroatoms. The standard InChI is InChI=1S/C21H22N2O5S/c1-13-9-14(2)20-17(10-13)23(11-19(25)27-4)21(29-20)22-18(24)12-28-16-7-5-15(26-3)6-8-16/h5-10H,11-12H2,1-4H3. The maximum atomic E-state index is 12.4. The molecule has 1 heterocycles. The van der Waals surface area contributed by atoms with E-state index in [-0.39, 0.29) is 13.2 Å². The number of benzene rings is 2. The molecular weight excluding hydrogens is 392 g/mol. The summed E-state index contributed by atoms with van der Waals surface area (Å²) in [6.45, 7) is 3.74. The van der Waals surface area contributed by atoms with Gasteiger partial charge in [0.1, 0.15) is 18.0 Å². The quantitative estimate of drug-likeness (QED) is 0.580. The number of amides is 1. The summed E-state index contributed by atoms with van der Waals surface area (Å²) in [5.41, 5.74) is 2.97. The molecule has 0 aliphatic rings. The number of hydrogen-bond donors (Lipinski definition) is 0. The number of aromatic nitrogens is 1. The molecule has 0 spiro atoms. The number of aryl methyl sites for hydroxylation is 2. The highest BCUT2D eigenvalue weighted by molar-refractivity contribution is 7.16. The minimum Gasteiger partial charge on any atom is -0.497 e. The van der Waals surface area contributed by atoms with Gasteiger partial charge in [-0.15, -0.1) is 0 Å². The van der Waals surface area contributed by atoms with Crippen molar-refractivity contribution in [1.29, 1.82) is 0 Å². The summed E-state index contributed by atoms with van der Waals surface area (Å²) < 4.78 is 18.1. The van der Waals surface area contributed by atoms with E-state index in [4.69, 9.17) is 14.2 Å². The van der Waals surface area contributed by atoms with E-state index in [2.05, 4.69) is 11.1 Å². The lowest BCUT2D eigenvalue weighted by Crippen LogP contribution is -2.23. The van der Waals surface area contributed by atoms with Crippen LogP contribution >= 0.6 is 11.3 Å². The van der Waals surface area contributed by atoms with Crippen molar-refractivity contribution in [3.05, 3.63) is 52.3 Å². The molecule has 3 aromatic rings. The van der Waals surface area contributed by atoms with Gasteiger partial charge in [-0.2, -0.15) is 4.99 Å². The third-order valence-corrected chi connectivity index (χ3v) is 5.50. The van der Waals surface area contributed by atoms with Crippen LogP contribution < -0.4 is 14.3 Å². The van der Waals surface area contributed by atoms with Gasteiger partial charge in [0, 0.05) is 0 Å². The van der Waals surface area contributed by atoms with Crippen molar-refractivity contribution >= 4 is 33.4 Å². The summed E-state index contributed by atoms with van der Waals surface area (Å²) in [6.07, 6.45) is 0. The molecule has 0 fully saturated rings. The third kappa shape index (κ3) is 4.83. The summed E-state index contributed by atoms with van der Waals surface area (Å²) in [7, 11) is 2.91. The molecule has 0 atom stereocenters. The number of nitrogens with zero attached hydrogens (tertiary/aromatic N) is 2. The zero-order valence-corrected chi connectivity index (χ0v) is 17.5. The molecule has 0 saturated carbocycles. The average molecular weight is 414 g/mol. The third-order valence-electron chi connectivity index (χ3n) is 4.27. The van der Waals surface area contributed by atoms with Gasteiger partial charge in [-0.3, -0.25) is 9.59 Å². The Kier molecular flexibility index (Phi) is 6.33. The molecule has 0 N–H and O–H groups in total. The normalized spacial score (nSPS) is 11.5. The smallest absolute Gasteiger partial charge is 0.325 e. The number of carbonyl (C=O) groups excluding carboxylic acids is 2. The second kappa shape index (κ2) is 8.91. The topological polar surface area (TPSA) is 79.1 Å². The molecule has 0 aliphatic carbocycles. The fourth-order valence-electron chi connectivity index (χ4n) is 2.90. The predicted octanol–water partition coefficient (Wildman–Crippen LogP) is 3.01. The van der Waals surface area contributed by atoms with Crippen LogP contribution in [-0.4, -0.2) is 37.3 Å². The number of thiazole rings is 1. The van der Waals surface area contributed by atoms with Crippen molar-refractivity contribution < 1.29 is 23.8 Å². The summed E-state index contributed by atoms with van der Waals surface area (Å²) >= 11 is 1.36. The van der Waals surface area contributed by atoms with Gasteiger partial charge in [-0.1, -0.05) is 17.4 Å². The summed E-state index contributed by atoms with van der Waals surface area (Å²) in [5, 5.41) is 0. The predicted molar refractivity (Wildman–Crippen MR) is 110 cm³/mol. The van der Waals surface area contributed by atoms with E-state index in [9.17, 15) is 9.59 Å². The molecule has 0 radical (unpaired) electrons. The molecule has 1 aromatic heterocycles. The fraction of sp³-hybridized carbons (Fsp3) is 0.286. The zero-order valence-electron chi connectivity index (χ0n) is 16.7. The monoisotopic (exact) mass is 414 g/mol. The molecule has 0 unspecified atom stereocenters. The van der Waals surface area contributed by atoms with Gasteiger partial charge in [0.2, 0.25) is 0 Å². The highest BCUT2D eigenvalue weighted by Crippen LogP contribution is 2.23. The van der Waals surface area contributed by atoms with Gasteiger partial charge < -0.3 is 18.8 Å². The van der Waals surface area contributed by atoms with E-state index in [1.54, 1.807) is 35.9 Å². The molecule has 0 bridgehead atoms. The highest BCUT2D eigenvalue weighted by Gasteiger charge is 2.14. The van der Waals surface area contributed by atoms with Crippen LogP contribution in [0.4, 0.5) is 0 Å². The van der Waals surface area contributed by atoms with Crippen LogP contribution in [0.3, 0.4) is 0 Å². The maximum absolute atomic E-state index is 12.4. The Bertz CT molecular complexity index is 1110. The first kappa shape index (κ1) is 20.6. The number of fused-ring (bicyclic) bond motifs is 1. The molecule has 152 valence electrons. The summed E-state index contributed by atoms with van der Waals surface area (Å²) in [4.78, 5) is 28.9. The lowest BCUT2D eigenvalue weighted by molar-refractivity contribution is -0.141. The molecule has 7 nitrogen and oxygen atoms in total. The fourth-order valence-corrected chi connectivity index (χ4v) is 4.00. The van der Waals surface area contributed by atoms with E-state index in [0.717, 1.165) is 21.3 Å². The van der Waals surface area contributed by atoms with Crippen LogP contribution in [0.2, 0.25) is 0 Å². The van der Waals surface area contributed by atoms with E-state index >= 15 is 0 Å². The van der Waals surface area contributed by atoms with Crippen LogP contribution in [-0.2, 0) is 20.9 Å². The Labute approximate surface area is 172 Å². The number of carbonyl (C=O) groups is 2.